The van der Waals surface area contributed by atoms with E-state index < -0.39 is 0 Å². The Kier molecular flexibility index (Phi) is 4.53. The van der Waals surface area contributed by atoms with Gasteiger partial charge in [0.1, 0.15) is 5.82 Å². The summed E-state index contributed by atoms with van der Waals surface area (Å²) in [7, 11) is 0. The van der Waals surface area contributed by atoms with Crippen molar-refractivity contribution in [3.63, 3.8) is 0 Å². The lowest BCUT2D eigenvalue weighted by molar-refractivity contribution is 0.0447. The average Bonchev–Trinajstić information content (AvgIpc) is 2.90. The van der Waals surface area contributed by atoms with E-state index in [4.69, 9.17) is 0 Å². The number of amides is 2. The van der Waals surface area contributed by atoms with Gasteiger partial charge in [0.2, 0.25) is 0 Å². The van der Waals surface area contributed by atoms with Gasteiger partial charge in [0.25, 0.3) is 11.8 Å². The maximum atomic E-state index is 13.0. The van der Waals surface area contributed by atoms with E-state index in [2.05, 4.69) is 9.80 Å². The van der Waals surface area contributed by atoms with Gasteiger partial charge in [0.05, 0.1) is 17.8 Å². The highest BCUT2D eigenvalue weighted by Gasteiger charge is 2.36. The molecule has 0 radical (unpaired) electrons. The molecule has 6 heteroatoms. The molecule has 5 nitrogen and oxygen atoms in total. The predicted molar refractivity (Wildman–Crippen MR) is 95.1 cm³/mol. The SMILES string of the molecule is O=C1c2ccccc2C(=O)N1CN1CCN(Cc2ccc(F)cc2)CC1. The molecule has 0 saturated carbocycles. The third-order valence-electron chi connectivity index (χ3n) is 5.00. The van der Waals surface area contributed by atoms with Gasteiger partial charge in [-0.2, -0.15) is 0 Å². The second-order valence-electron chi connectivity index (χ2n) is 6.75. The fourth-order valence-electron chi connectivity index (χ4n) is 3.50. The molecule has 0 aromatic heterocycles. The van der Waals surface area contributed by atoms with Crippen molar-refractivity contribution in [1.82, 2.24) is 14.7 Å². The number of hydrogen-bond donors (Lipinski definition) is 0. The van der Waals surface area contributed by atoms with Crippen LogP contribution in [0.1, 0.15) is 26.3 Å². The molecule has 0 atom stereocenters. The number of fused-ring (bicyclic) bond motifs is 1. The monoisotopic (exact) mass is 353 g/mol. The number of rotatable bonds is 4. The second kappa shape index (κ2) is 6.97. The summed E-state index contributed by atoms with van der Waals surface area (Å²) in [5, 5.41) is 0. The Balaban J connectivity index is 1.32. The van der Waals surface area contributed by atoms with Crippen LogP contribution in [0.2, 0.25) is 0 Å². The normalized spacial score (nSPS) is 18.4. The van der Waals surface area contributed by atoms with Gasteiger partial charge in [-0.1, -0.05) is 24.3 Å². The summed E-state index contributed by atoms with van der Waals surface area (Å²) < 4.78 is 13.0. The van der Waals surface area contributed by atoms with Crippen LogP contribution >= 0.6 is 0 Å². The molecular formula is C20H20FN3O2. The molecule has 26 heavy (non-hydrogen) atoms. The number of nitrogens with zero attached hydrogens (tertiary/aromatic N) is 3. The average molecular weight is 353 g/mol. The molecule has 0 N–H and O–H groups in total. The molecule has 2 aromatic carbocycles. The molecule has 2 heterocycles. The second-order valence-corrected chi connectivity index (χ2v) is 6.75. The van der Waals surface area contributed by atoms with Crippen molar-refractivity contribution in [2.75, 3.05) is 32.8 Å². The lowest BCUT2D eigenvalue weighted by atomic mass is 10.1. The van der Waals surface area contributed by atoms with E-state index in [-0.39, 0.29) is 17.6 Å². The number of carbonyl (C=O) groups excluding carboxylic acids is 2. The molecule has 0 aliphatic carbocycles. The molecule has 0 spiro atoms. The van der Waals surface area contributed by atoms with Crippen LogP contribution in [0.25, 0.3) is 0 Å². The standard InChI is InChI=1S/C20H20FN3O2/c21-16-7-5-15(6-8-16)13-22-9-11-23(12-10-22)14-24-19(25)17-3-1-2-4-18(17)20(24)26/h1-8H,9-14H2. The summed E-state index contributed by atoms with van der Waals surface area (Å²) in [5.41, 5.74) is 2.07. The van der Waals surface area contributed by atoms with Crippen LogP contribution in [0.4, 0.5) is 4.39 Å². The van der Waals surface area contributed by atoms with E-state index in [1.165, 1.54) is 17.0 Å². The third kappa shape index (κ3) is 3.25. The highest BCUT2D eigenvalue weighted by Crippen LogP contribution is 2.23. The number of benzene rings is 2. The maximum Gasteiger partial charge on any atom is 0.262 e. The Bertz CT molecular complexity index is 794. The van der Waals surface area contributed by atoms with Gasteiger partial charge in [-0.15, -0.1) is 0 Å². The molecule has 2 aromatic rings. The first kappa shape index (κ1) is 16.9. The minimum absolute atomic E-state index is 0.209. The van der Waals surface area contributed by atoms with Gasteiger partial charge < -0.3 is 0 Å². The Morgan fingerprint density at radius 3 is 1.88 bits per heavy atom. The van der Waals surface area contributed by atoms with Crippen molar-refractivity contribution >= 4 is 11.8 Å². The van der Waals surface area contributed by atoms with Crippen LogP contribution in [-0.4, -0.2) is 59.4 Å². The highest BCUT2D eigenvalue weighted by molar-refractivity contribution is 6.21. The van der Waals surface area contributed by atoms with E-state index in [9.17, 15) is 14.0 Å². The number of piperazine rings is 1. The Morgan fingerprint density at radius 1 is 0.769 bits per heavy atom. The third-order valence-corrected chi connectivity index (χ3v) is 5.00. The van der Waals surface area contributed by atoms with E-state index >= 15 is 0 Å². The van der Waals surface area contributed by atoms with Crippen molar-refractivity contribution in [2.24, 2.45) is 0 Å². The topological polar surface area (TPSA) is 43.9 Å². The molecule has 2 amide bonds. The highest BCUT2D eigenvalue weighted by atomic mass is 19.1. The summed E-state index contributed by atoms with van der Waals surface area (Å²) >= 11 is 0. The van der Waals surface area contributed by atoms with Gasteiger partial charge in [-0.05, 0) is 29.8 Å². The fraction of sp³-hybridized carbons (Fsp3) is 0.300. The minimum atomic E-state index is -0.223. The zero-order valence-electron chi connectivity index (χ0n) is 14.4. The minimum Gasteiger partial charge on any atom is -0.297 e. The fourth-order valence-corrected chi connectivity index (χ4v) is 3.50. The molecule has 2 aliphatic heterocycles. The van der Waals surface area contributed by atoms with Crippen LogP contribution in [0.5, 0.6) is 0 Å². The maximum absolute atomic E-state index is 13.0. The van der Waals surface area contributed by atoms with E-state index in [1.807, 2.05) is 0 Å². The summed E-state index contributed by atoms with van der Waals surface area (Å²) in [4.78, 5) is 30.7. The molecule has 1 fully saturated rings. The van der Waals surface area contributed by atoms with Gasteiger partial charge in [0.15, 0.2) is 0 Å². The lowest BCUT2D eigenvalue weighted by Gasteiger charge is -2.36. The van der Waals surface area contributed by atoms with Crippen LogP contribution in [0, 0.1) is 5.82 Å². The molecule has 0 unspecified atom stereocenters. The van der Waals surface area contributed by atoms with Crippen molar-refractivity contribution in [1.29, 1.82) is 0 Å². The van der Waals surface area contributed by atoms with Gasteiger partial charge >= 0.3 is 0 Å². The molecule has 134 valence electrons. The van der Waals surface area contributed by atoms with Gasteiger partial charge in [0, 0.05) is 32.7 Å². The van der Waals surface area contributed by atoms with Crippen molar-refractivity contribution in [3.05, 3.63) is 71.0 Å². The van der Waals surface area contributed by atoms with Crippen molar-refractivity contribution in [3.8, 4) is 0 Å². The Hall–Kier alpha value is -2.57. The van der Waals surface area contributed by atoms with E-state index in [0.29, 0.717) is 17.8 Å². The Morgan fingerprint density at radius 2 is 1.31 bits per heavy atom. The van der Waals surface area contributed by atoms with Gasteiger partial charge in [-0.3, -0.25) is 24.3 Å². The van der Waals surface area contributed by atoms with Crippen LogP contribution < -0.4 is 0 Å². The van der Waals surface area contributed by atoms with Gasteiger partial charge in [-0.25, -0.2) is 4.39 Å². The first-order chi connectivity index (χ1) is 12.6. The number of hydrogen-bond acceptors (Lipinski definition) is 4. The van der Waals surface area contributed by atoms with Crippen LogP contribution in [0.15, 0.2) is 48.5 Å². The van der Waals surface area contributed by atoms with Crippen molar-refractivity contribution in [2.45, 2.75) is 6.54 Å². The molecule has 1 saturated heterocycles. The first-order valence-electron chi connectivity index (χ1n) is 8.76. The predicted octanol–water partition coefficient (Wildman–Crippen LogP) is 2.20. The largest absolute Gasteiger partial charge is 0.297 e. The molecule has 4 rings (SSSR count). The number of carbonyl (C=O) groups is 2. The van der Waals surface area contributed by atoms with Crippen LogP contribution in [-0.2, 0) is 6.54 Å². The number of halogens is 1. The quantitative estimate of drug-likeness (QED) is 0.791. The summed E-state index contributed by atoms with van der Waals surface area (Å²) in [6, 6.07) is 13.5. The first-order valence-corrected chi connectivity index (χ1v) is 8.76. The summed E-state index contributed by atoms with van der Waals surface area (Å²) in [6.07, 6.45) is 0. The summed E-state index contributed by atoms with van der Waals surface area (Å²) in [6.45, 7) is 4.38. The zero-order chi connectivity index (χ0) is 18.1. The van der Waals surface area contributed by atoms with Crippen LogP contribution in [0.3, 0.4) is 0 Å². The van der Waals surface area contributed by atoms with Crippen molar-refractivity contribution < 1.29 is 14.0 Å². The Labute approximate surface area is 151 Å². The zero-order valence-corrected chi connectivity index (χ0v) is 14.4. The van der Waals surface area contributed by atoms with E-state index in [1.54, 1.807) is 36.4 Å². The molecule has 0 bridgehead atoms. The number of imide groups is 1. The summed E-state index contributed by atoms with van der Waals surface area (Å²) in [5.74, 6) is -0.641. The molecule has 2 aliphatic rings. The van der Waals surface area contributed by atoms with E-state index in [0.717, 1.165) is 38.3 Å². The smallest absolute Gasteiger partial charge is 0.262 e. The molecular weight excluding hydrogens is 333 g/mol. The lowest BCUT2D eigenvalue weighted by Crippen LogP contribution is -2.50.